The van der Waals surface area contributed by atoms with Crippen molar-refractivity contribution in [2.45, 2.75) is 19.8 Å². The monoisotopic (exact) mass is 270 g/mol. The molecule has 1 saturated heterocycles. The number of carboxylic acids is 1. The average Bonchev–Trinajstić information content (AvgIpc) is 2.27. The molecule has 0 aromatic carbocycles. The maximum absolute atomic E-state index is 11.2. The summed E-state index contributed by atoms with van der Waals surface area (Å²) >= 11 is -2.39. The van der Waals surface area contributed by atoms with Crippen molar-refractivity contribution in [3.8, 4) is 0 Å². The molecule has 0 radical (unpaired) electrons. The Labute approximate surface area is 109 Å². The highest BCUT2D eigenvalue weighted by Crippen LogP contribution is 2.32. The molecule has 0 aromatic heterocycles. The fraction of sp³-hybridized carbons (Fsp3) is 0.417. The van der Waals surface area contributed by atoms with Gasteiger partial charge >= 0.3 is 5.97 Å². The summed E-state index contributed by atoms with van der Waals surface area (Å²) in [6.07, 6.45) is 5.52. The first-order valence-electron chi connectivity index (χ1n) is 5.56. The molecule has 2 atom stereocenters. The molecule has 1 aliphatic rings. The van der Waals surface area contributed by atoms with Gasteiger partial charge in [-0.1, -0.05) is 24.8 Å². The van der Waals surface area contributed by atoms with Crippen LogP contribution >= 0.6 is 0 Å². The van der Waals surface area contributed by atoms with Crippen molar-refractivity contribution < 1.29 is 18.7 Å². The van der Waals surface area contributed by atoms with Gasteiger partial charge in [-0.3, -0.25) is 9.00 Å². The third-order valence-corrected chi connectivity index (χ3v) is 3.47. The van der Waals surface area contributed by atoms with Gasteiger partial charge in [-0.05, 0) is 24.8 Å². The molecule has 1 heterocycles. The van der Waals surface area contributed by atoms with E-state index in [1.807, 2.05) is 0 Å². The van der Waals surface area contributed by atoms with Gasteiger partial charge in [0.05, 0.1) is 6.42 Å². The van der Waals surface area contributed by atoms with Gasteiger partial charge < -0.3 is 14.0 Å². The van der Waals surface area contributed by atoms with Crippen LogP contribution in [0.3, 0.4) is 0 Å². The van der Waals surface area contributed by atoms with Crippen molar-refractivity contribution in [3.05, 3.63) is 36.1 Å². The summed E-state index contributed by atoms with van der Waals surface area (Å²) in [5, 5.41) is 8.80. The van der Waals surface area contributed by atoms with Crippen molar-refractivity contribution >= 4 is 17.2 Å². The van der Waals surface area contributed by atoms with Crippen molar-refractivity contribution in [1.82, 2.24) is 4.31 Å². The van der Waals surface area contributed by atoms with E-state index in [1.165, 1.54) is 4.31 Å². The first-order chi connectivity index (χ1) is 8.49. The van der Waals surface area contributed by atoms with Gasteiger partial charge in [0.15, 0.2) is 0 Å². The van der Waals surface area contributed by atoms with E-state index in [9.17, 15) is 13.6 Å². The van der Waals surface area contributed by atoms with Crippen molar-refractivity contribution in [3.63, 3.8) is 0 Å². The number of carbonyl (C=O) groups is 1. The lowest BCUT2D eigenvalue weighted by atomic mass is 9.90. The molecule has 1 aliphatic heterocycles. The van der Waals surface area contributed by atoms with E-state index in [2.05, 4.69) is 6.58 Å². The van der Waals surface area contributed by atoms with Gasteiger partial charge in [-0.25, -0.2) is 0 Å². The topological polar surface area (TPSA) is 80.7 Å². The number of rotatable bonds is 4. The van der Waals surface area contributed by atoms with E-state index >= 15 is 0 Å². The Hall–Kier alpha value is -1.40. The van der Waals surface area contributed by atoms with Crippen molar-refractivity contribution in [1.29, 1.82) is 0 Å². The quantitative estimate of drug-likeness (QED) is 0.787. The minimum atomic E-state index is -2.39. The van der Waals surface area contributed by atoms with Crippen LogP contribution in [0.5, 0.6) is 0 Å². The highest BCUT2D eigenvalue weighted by atomic mass is 32.2. The molecule has 1 fully saturated rings. The third kappa shape index (κ3) is 3.54. The lowest BCUT2D eigenvalue weighted by molar-refractivity contribution is -0.138. The smallest absolute Gasteiger partial charge is 0.303 e. The molecule has 5 nitrogen and oxygen atoms in total. The summed E-state index contributed by atoms with van der Waals surface area (Å²) in [5.41, 5.74) is 1.40. The molecule has 0 bridgehead atoms. The Bertz CT molecular complexity index is 428. The van der Waals surface area contributed by atoms with Crippen LogP contribution in [0.25, 0.3) is 0 Å². The Morgan fingerprint density at radius 1 is 1.72 bits per heavy atom. The maximum Gasteiger partial charge on any atom is 0.303 e. The van der Waals surface area contributed by atoms with Crippen LogP contribution in [0.4, 0.5) is 0 Å². The van der Waals surface area contributed by atoms with Gasteiger partial charge in [0, 0.05) is 23.5 Å². The van der Waals surface area contributed by atoms with Crippen LogP contribution in [0.15, 0.2) is 36.1 Å². The second kappa shape index (κ2) is 6.51. The zero-order valence-electron chi connectivity index (χ0n) is 10.2. The molecule has 6 heteroatoms. The van der Waals surface area contributed by atoms with E-state index in [0.717, 1.165) is 5.57 Å². The number of carboxylic acid groups (broad SMARTS) is 1. The Morgan fingerprint density at radius 3 is 2.83 bits per heavy atom. The minimum Gasteiger partial charge on any atom is -0.755 e. The Morgan fingerprint density at radius 2 is 2.39 bits per heavy atom. The SMILES string of the molecule is C=C/C=C1/C[C@@H](CC(=O)O)CN(S(=O)[O-])/C1=C/C. The predicted octanol–water partition coefficient (Wildman–Crippen LogP) is 1.59. The van der Waals surface area contributed by atoms with Gasteiger partial charge in [-0.15, -0.1) is 0 Å². The molecule has 100 valence electrons. The summed E-state index contributed by atoms with van der Waals surface area (Å²) < 4.78 is 23.6. The first kappa shape index (κ1) is 14.7. The number of nitrogens with zero attached hydrogens (tertiary/aromatic N) is 1. The molecular weight excluding hydrogens is 254 g/mol. The molecule has 1 N–H and O–H groups in total. The first-order valence-corrected chi connectivity index (χ1v) is 6.59. The molecule has 0 saturated carbocycles. The van der Waals surface area contributed by atoms with E-state index in [-0.39, 0.29) is 18.9 Å². The molecule has 0 aliphatic carbocycles. The van der Waals surface area contributed by atoms with Gasteiger partial charge in [0.2, 0.25) is 0 Å². The van der Waals surface area contributed by atoms with E-state index in [1.54, 1.807) is 25.2 Å². The van der Waals surface area contributed by atoms with E-state index in [0.29, 0.717) is 12.1 Å². The largest absolute Gasteiger partial charge is 0.755 e. The number of aliphatic carboxylic acids is 1. The van der Waals surface area contributed by atoms with Gasteiger partial charge in [0.25, 0.3) is 0 Å². The summed E-state index contributed by atoms with van der Waals surface area (Å²) in [5.74, 6) is -1.13. The summed E-state index contributed by atoms with van der Waals surface area (Å²) in [7, 11) is 0. The molecular formula is C12H16NO4S-. The Balaban J connectivity index is 3.03. The lowest BCUT2D eigenvalue weighted by Crippen LogP contribution is -2.37. The highest BCUT2D eigenvalue weighted by molar-refractivity contribution is 7.76. The predicted molar refractivity (Wildman–Crippen MR) is 68.0 cm³/mol. The number of hydrogen-bond donors (Lipinski definition) is 1. The van der Waals surface area contributed by atoms with Crippen molar-refractivity contribution in [2.24, 2.45) is 5.92 Å². The molecule has 0 spiro atoms. The van der Waals surface area contributed by atoms with Crippen molar-refractivity contribution in [2.75, 3.05) is 6.54 Å². The highest BCUT2D eigenvalue weighted by Gasteiger charge is 2.28. The number of piperidine rings is 1. The fourth-order valence-electron chi connectivity index (χ4n) is 2.12. The number of hydrogen-bond acceptors (Lipinski definition) is 3. The van der Waals surface area contributed by atoms with Crippen LogP contribution in [0, 0.1) is 5.92 Å². The zero-order valence-corrected chi connectivity index (χ0v) is 11.0. The molecule has 1 unspecified atom stereocenters. The average molecular weight is 270 g/mol. The van der Waals surface area contributed by atoms with Crippen LogP contribution in [-0.2, 0) is 16.1 Å². The maximum atomic E-state index is 11.2. The van der Waals surface area contributed by atoms with Crippen LogP contribution < -0.4 is 0 Å². The van der Waals surface area contributed by atoms with Crippen LogP contribution in [0.1, 0.15) is 19.8 Å². The third-order valence-electron chi connectivity index (χ3n) is 2.77. The van der Waals surface area contributed by atoms with Gasteiger partial charge in [-0.2, -0.15) is 0 Å². The minimum absolute atomic E-state index is 0.0425. The standard InChI is InChI=1S/C12H17NO4S/c1-3-5-10-6-9(7-12(14)15)8-13(18(16)17)11(10)4-2/h3-5,9H,1,6-8H2,2H3,(H,14,15)(H,16,17)/p-1/b10-5-,11-4+/t9-/m0/s1. The summed E-state index contributed by atoms with van der Waals surface area (Å²) in [4.78, 5) is 10.7. The fourth-order valence-corrected chi connectivity index (χ4v) is 2.84. The van der Waals surface area contributed by atoms with Crippen LogP contribution in [-0.4, -0.2) is 30.7 Å². The number of allylic oxidation sites excluding steroid dienone is 4. The van der Waals surface area contributed by atoms with Crippen LogP contribution in [0.2, 0.25) is 0 Å². The lowest BCUT2D eigenvalue weighted by Gasteiger charge is -2.38. The summed E-state index contributed by atoms with van der Waals surface area (Å²) in [6.45, 7) is 5.55. The molecule has 1 rings (SSSR count). The Kier molecular flexibility index (Phi) is 5.30. The molecule has 0 amide bonds. The normalized spacial score (nSPS) is 26.3. The second-order valence-corrected chi connectivity index (χ2v) is 4.92. The summed E-state index contributed by atoms with van der Waals surface area (Å²) in [6, 6.07) is 0. The molecule has 0 aromatic rings. The molecule has 18 heavy (non-hydrogen) atoms. The van der Waals surface area contributed by atoms with Gasteiger partial charge in [0.1, 0.15) is 0 Å². The second-order valence-electron chi connectivity index (χ2n) is 4.05. The van der Waals surface area contributed by atoms with E-state index in [4.69, 9.17) is 5.11 Å². The zero-order chi connectivity index (χ0) is 13.7. The van der Waals surface area contributed by atoms with E-state index < -0.39 is 17.2 Å².